The number of hydrogen-bond acceptors (Lipinski definition) is 6. The molecule has 0 aliphatic heterocycles. The van der Waals surface area contributed by atoms with E-state index in [1.165, 1.54) is 56.7 Å². The van der Waals surface area contributed by atoms with Crippen LogP contribution in [0.1, 0.15) is 142 Å². The average Bonchev–Trinajstić information content (AvgIpc) is 3.04. The fourth-order valence-electron chi connectivity index (χ4n) is 5.77. The Morgan fingerprint density at radius 1 is 0.727 bits per heavy atom. The number of oxime groups is 2. The number of benzene rings is 2. The fourth-order valence-corrected chi connectivity index (χ4v) is 5.77. The van der Waals surface area contributed by atoms with E-state index in [1.807, 2.05) is 36.4 Å². The van der Waals surface area contributed by atoms with Crippen molar-refractivity contribution in [3.05, 3.63) is 53.6 Å². The maximum atomic E-state index is 10.5. The first-order chi connectivity index (χ1) is 21.4. The van der Waals surface area contributed by atoms with Crippen molar-refractivity contribution in [2.75, 3.05) is 0 Å². The second kappa shape index (κ2) is 24.5. The topological polar surface area (TPSA) is 106 Å². The van der Waals surface area contributed by atoms with E-state index >= 15 is 0 Å². The van der Waals surface area contributed by atoms with Gasteiger partial charge in [-0.15, -0.1) is 0 Å². The molecule has 0 aliphatic carbocycles. The van der Waals surface area contributed by atoms with Gasteiger partial charge >= 0.3 is 0 Å². The molecule has 0 saturated heterocycles. The summed E-state index contributed by atoms with van der Waals surface area (Å²) >= 11 is 0. The summed E-state index contributed by atoms with van der Waals surface area (Å²) < 4.78 is 0. The minimum absolute atomic E-state index is 0.218. The molecule has 0 bridgehead atoms. The number of phenolic OH excluding ortho intramolecular Hbond substituents is 1. The lowest BCUT2D eigenvalue weighted by Crippen LogP contribution is -2.34. The number of aliphatic hydroxyl groups excluding tert-OH is 1. The van der Waals surface area contributed by atoms with Crippen LogP contribution in [0.2, 0.25) is 0 Å². The molecule has 3 atom stereocenters. The second-order valence-electron chi connectivity index (χ2n) is 12.1. The molecule has 0 aromatic heterocycles. The monoisotopic (exact) mass is 610 g/mol. The molecule has 0 amide bonds. The quantitative estimate of drug-likeness (QED) is 0.0488. The molecule has 3 unspecified atom stereocenters. The summed E-state index contributed by atoms with van der Waals surface area (Å²) in [5.74, 6) is 0.765. The molecule has 248 valence electrons. The van der Waals surface area contributed by atoms with Crippen molar-refractivity contribution in [2.45, 2.75) is 143 Å². The van der Waals surface area contributed by atoms with Gasteiger partial charge in [-0.25, -0.2) is 0 Å². The molecular weight excluding hydrogens is 548 g/mol. The number of unbranched alkanes of at least 4 members (excludes halogenated alkanes) is 8. The molecule has 44 heavy (non-hydrogen) atoms. The van der Waals surface area contributed by atoms with Crippen LogP contribution in [0.5, 0.6) is 5.75 Å². The number of aliphatic hydroxyl groups is 1. The Labute approximate surface area is 268 Å². The minimum atomic E-state index is -0.580. The summed E-state index contributed by atoms with van der Waals surface area (Å²) in [6.07, 6.45) is 19.3. The Morgan fingerprint density at radius 3 is 1.89 bits per heavy atom. The molecular formula is C38H62N2O4. The lowest BCUT2D eigenvalue weighted by atomic mass is 9.83. The first-order valence-corrected chi connectivity index (χ1v) is 17.4. The molecule has 0 saturated carbocycles. The van der Waals surface area contributed by atoms with E-state index in [-0.39, 0.29) is 11.8 Å². The van der Waals surface area contributed by atoms with Gasteiger partial charge in [-0.3, -0.25) is 0 Å². The highest BCUT2D eigenvalue weighted by atomic mass is 16.4. The number of nitrogens with zero attached hydrogens (tertiary/aromatic N) is 2. The summed E-state index contributed by atoms with van der Waals surface area (Å²) in [5.41, 5.74) is 4.41. The van der Waals surface area contributed by atoms with E-state index in [9.17, 15) is 15.4 Å². The Morgan fingerprint density at radius 2 is 1.34 bits per heavy atom. The van der Waals surface area contributed by atoms with Crippen molar-refractivity contribution >= 4 is 11.9 Å². The third-order valence-corrected chi connectivity index (χ3v) is 8.69. The van der Waals surface area contributed by atoms with Gasteiger partial charge in [-0.05, 0) is 60.8 Å². The molecule has 6 nitrogen and oxygen atoms in total. The summed E-state index contributed by atoms with van der Waals surface area (Å²) in [6.45, 7) is 10.8. The van der Waals surface area contributed by atoms with Crippen LogP contribution in [0.4, 0.5) is 0 Å². The molecule has 0 heterocycles. The van der Waals surface area contributed by atoms with Gasteiger partial charge in [-0.2, -0.15) is 0 Å². The van der Waals surface area contributed by atoms with E-state index in [4.69, 9.17) is 5.21 Å². The van der Waals surface area contributed by atoms with Crippen LogP contribution in [0.3, 0.4) is 0 Å². The maximum Gasteiger partial charge on any atom is 0.123 e. The van der Waals surface area contributed by atoms with Gasteiger partial charge in [0.15, 0.2) is 0 Å². The Kier molecular flexibility index (Phi) is 21.8. The molecule has 2 aromatic rings. The Balaban J connectivity index is 0.000000459. The molecule has 2 rings (SSSR count). The lowest BCUT2D eigenvalue weighted by molar-refractivity contribution is 0.146. The number of rotatable bonds is 21. The number of hydrogen-bond donors (Lipinski definition) is 4. The van der Waals surface area contributed by atoms with Crippen molar-refractivity contribution in [3.63, 3.8) is 0 Å². The van der Waals surface area contributed by atoms with Crippen molar-refractivity contribution < 1.29 is 20.6 Å². The predicted octanol–water partition coefficient (Wildman–Crippen LogP) is 10.8. The zero-order valence-corrected chi connectivity index (χ0v) is 28.3. The van der Waals surface area contributed by atoms with E-state index in [0.717, 1.165) is 74.5 Å². The van der Waals surface area contributed by atoms with E-state index < -0.39 is 6.10 Å². The van der Waals surface area contributed by atoms with Gasteiger partial charge < -0.3 is 20.6 Å². The molecule has 0 spiro atoms. The summed E-state index contributed by atoms with van der Waals surface area (Å²) in [6, 6.07) is 13.5. The number of aromatic hydroxyl groups is 1. The third-order valence-electron chi connectivity index (χ3n) is 8.69. The second-order valence-corrected chi connectivity index (χ2v) is 12.1. The fraction of sp³-hybridized carbons (Fsp3) is 0.632. The van der Waals surface area contributed by atoms with Crippen LogP contribution in [0, 0.1) is 11.8 Å². The van der Waals surface area contributed by atoms with E-state index in [1.54, 1.807) is 0 Å². The van der Waals surface area contributed by atoms with Crippen molar-refractivity contribution in [2.24, 2.45) is 22.1 Å². The van der Waals surface area contributed by atoms with Crippen molar-refractivity contribution in [1.82, 2.24) is 0 Å². The summed E-state index contributed by atoms with van der Waals surface area (Å²) in [7, 11) is 0. The first-order valence-electron chi connectivity index (χ1n) is 17.4. The van der Waals surface area contributed by atoms with Gasteiger partial charge in [0.1, 0.15) is 5.75 Å². The zero-order chi connectivity index (χ0) is 32.6. The Bertz CT molecular complexity index is 1050. The van der Waals surface area contributed by atoms with Crippen LogP contribution in [-0.4, -0.2) is 38.7 Å². The molecule has 0 fully saturated rings. The van der Waals surface area contributed by atoms with Gasteiger partial charge in [0.25, 0.3) is 0 Å². The van der Waals surface area contributed by atoms with Gasteiger partial charge in [0.2, 0.25) is 0 Å². The average molecular weight is 611 g/mol. The van der Waals surface area contributed by atoms with Crippen LogP contribution in [0.15, 0.2) is 52.8 Å². The highest BCUT2D eigenvalue weighted by molar-refractivity contribution is 5.90. The minimum Gasteiger partial charge on any atom is -0.507 e. The molecule has 0 radical (unpaired) electrons. The van der Waals surface area contributed by atoms with E-state index in [2.05, 4.69) is 51.0 Å². The molecule has 4 N–H and O–H groups in total. The Hall–Kier alpha value is -2.86. The van der Waals surface area contributed by atoms with E-state index in [0.29, 0.717) is 11.5 Å². The van der Waals surface area contributed by atoms with Gasteiger partial charge in [-0.1, -0.05) is 152 Å². The van der Waals surface area contributed by atoms with Crippen LogP contribution < -0.4 is 0 Å². The van der Waals surface area contributed by atoms with Crippen molar-refractivity contribution in [1.29, 1.82) is 0 Å². The standard InChI is InChI=1S/C22H29NO2.C16H33NO2/c1-2-3-4-5-6-7-8-9-18-12-15-21(22(24)16-18)20-13-10-19(11-14-20)17-23-25;1-5-9-11-13(7-3)15(17-19)16(18)14(8-4)12-10-6-2/h10-17,24-25H,2-9H2,1H3;13-14,16,18-19H,5-12H2,1-4H3. The normalized spacial score (nSPS) is 13.8. The molecule has 2 aromatic carbocycles. The predicted molar refractivity (Wildman–Crippen MR) is 186 cm³/mol. The van der Waals surface area contributed by atoms with Crippen LogP contribution in [-0.2, 0) is 6.42 Å². The van der Waals surface area contributed by atoms with Gasteiger partial charge in [0.05, 0.1) is 18.0 Å². The SMILES string of the molecule is CCCCC(CC)C(=NO)C(O)C(CC)CCCC.CCCCCCCCCc1ccc(-c2ccc(C=NO)cc2)c(O)c1. The smallest absolute Gasteiger partial charge is 0.123 e. The van der Waals surface area contributed by atoms with Gasteiger partial charge in [0, 0.05) is 11.5 Å². The first kappa shape index (κ1) is 39.2. The highest BCUT2D eigenvalue weighted by Gasteiger charge is 2.28. The summed E-state index contributed by atoms with van der Waals surface area (Å²) in [4.78, 5) is 0. The van der Waals surface area contributed by atoms with Crippen LogP contribution >= 0.6 is 0 Å². The summed E-state index contributed by atoms with van der Waals surface area (Å²) in [5, 5.41) is 45.2. The van der Waals surface area contributed by atoms with Crippen LogP contribution in [0.25, 0.3) is 11.1 Å². The lowest BCUT2D eigenvalue weighted by Gasteiger charge is -2.26. The highest BCUT2D eigenvalue weighted by Crippen LogP contribution is 2.31. The number of phenols is 1. The third kappa shape index (κ3) is 14.7. The zero-order valence-electron chi connectivity index (χ0n) is 28.3. The number of aryl methyl sites for hydroxylation is 1. The largest absolute Gasteiger partial charge is 0.507 e. The van der Waals surface area contributed by atoms with Crippen molar-refractivity contribution in [3.8, 4) is 16.9 Å². The molecule has 0 aliphatic rings. The maximum absolute atomic E-state index is 10.5. The molecule has 6 heteroatoms.